The second-order valence-electron chi connectivity index (χ2n) is 8.48. The van der Waals surface area contributed by atoms with Crippen LogP contribution in [0.3, 0.4) is 0 Å². The number of aromatic nitrogens is 2. The fourth-order valence-electron chi connectivity index (χ4n) is 4.09. The lowest BCUT2D eigenvalue weighted by molar-refractivity contribution is -0.141. The maximum absolute atomic E-state index is 13.4. The van der Waals surface area contributed by atoms with Gasteiger partial charge in [-0.2, -0.15) is 13.2 Å². The first-order valence-corrected chi connectivity index (χ1v) is 12.1. The Kier molecular flexibility index (Phi) is 8.28. The molecular weight excluding hydrogens is 512 g/mol. The Bertz CT molecular complexity index is 1240. The number of anilines is 1. The van der Waals surface area contributed by atoms with E-state index in [-0.39, 0.29) is 28.0 Å². The third-order valence-corrected chi connectivity index (χ3v) is 6.43. The highest BCUT2D eigenvalue weighted by molar-refractivity contribution is 6.30. The molecule has 0 aliphatic carbocycles. The lowest BCUT2D eigenvalue weighted by atomic mass is 9.91. The van der Waals surface area contributed by atoms with Gasteiger partial charge in [-0.1, -0.05) is 47.5 Å². The number of carbonyl (C=O) groups is 1. The normalized spacial score (nSPS) is 15.4. The summed E-state index contributed by atoms with van der Waals surface area (Å²) in [4.78, 5) is 22.7. The van der Waals surface area contributed by atoms with Crippen LogP contribution in [0.15, 0.2) is 60.8 Å². The fourth-order valence-corrected chi connectivity index (χ4v) is 4.39. The van der Waals surface area contributed by atoms with Crippen LogP contribution in [0.25, 0.3) is 6.08 Å². The second kappa shape index (κ2) is 11.4. The molecule has 3 heterocycles. The maximum Gasteiger partial charge on any atom is 0.433 e. The summed E-state index contributed by atoms with van der Waals surface area (Å²) in [5.41, 5.74) is 0.828. The summed E-state index contributed by atoms with van der Waals surface area (Å²) in [6.07, 6.45) is 2.11. The van der Waals surface area contributed by atoms with Gasteiger partial charge in [0.25, 0.3) is 5.91 Å². The Labute approximate surface area is 217 Å². The van der Waals surface area contributed by atoms with Crippen molar-refractivity contribution < 1.29 is 18.0 Å². The molecule has 10 heteroatoms. The molecule has 1 fully saturated rings. The quantitative estimate of drug-likeness (QED) is 0.347. The van der Waals surface area contributed by atoms with Crippen molar-refractivity contribution in [2.75, 3.05) is 25.0 Å². The third kappa shape index (κ3) is 6.84. The molecule has 2 aromatic heterocycles. The first-order valence-electron chi connectivity index (χ1n) is 11.3. The van der Waals surface area contributed by atoms with E-state index in [2.05, 4.69) is 26.3 Å². The molecule has 1 aliphatic heterocycles. The number of pyridine rings is 2. The highest BCUT2D eigenvalue weighted by Crippen LogP contribution is 2.36. The number of nitrogens with one attached hydrogen (secondary N) is 1. The summed E-state index contributed by atoms with van der Waals surface area (Å²) in [5, 5.41) is 3.53. The molecule has 0 unspecified atom stereocenters. The second-order valence-corrected chi connectivity index (χ2v) is 9.30. The SMILES string of the molecule is O=C(Nc1ccc(C(F)(F)F)nc1C1CCN(C/C=C/c2ccc(Cl)cc2)CC1)c1ccnc(Cl)c1. The van der Waals surface area contributed by atoms with Crippen molar-refractivity contribution >= 4 is 40.9 Å². The summed E-state index contributed by atoms with van der Waals surface area (Å²) < 4.78 is 40.2. The number of halogens is 5. The first kappa shape index (κ1) is 26.1. The van der Waals surface area contributed by atoms with E-state index in [4.69, 9.17) is 23.2 Å². The summed E-state index contributed by atoms with van der Waals surface area (Å²) >= 11 is 11.8. The van der Waals surface area contributed by atoms with Crippen LogP contribution in [0.5, 0.6) is 0 Å². The van der Waals surface area contributed by atoms with Crippen molar-refractivity contribution in [1.29, 1.82) is 0 Å². The van der Waals surface area contributed by atoms with Gasteiger partial charge in [0, 0.05) is 29.2 Å². The summed E-state index contributed by atoms with van der Waals surface area (Å²) in [7, 11) is 0. The van der Waals surface area contributed by atoms with Crippen molar-refractivity contribution in [3.05, 3.63) is 93.5 Å². The van der Waals surface area contributed by atoms with Gasteiger partial charge < -0.3 is 5.32 Å². The molecule has 1 saturated heterocycles. The van der Waals surface area contributed by atoms with E-state index in [0.29, 0.717) is 31.0 Å². The Hall–Kier alpha value is -2.94. The van der Waals surface area contributed by atoms with E-state index in [1.54, 1.807) is 0 Å². The summed E-state index contributed by atoms with van der Waals surface area (Å²) in [5.74, 6) is -0.716. The molecule has 1 aromatic carbocycles. The highest BCUT2D eigenvalue weighted by Gasteiger charge is 2.34. The van der Waals surface area contributed by atoms with E-state index in [0.717, 1.165) is 18.2 Å². The van der Waals surface area contributed by atoms with Gasteiger partial charge in [-0.05, 0) is 67.9 Å². The zero-order valence-electron chi connectivity index (χ0n) is 19.1. The minimum absolute atomic E-state index is 0.144. The lowest BCUT2D eigenvalue weighted by Gasteiger charge is -2.32. The molecule has 0 saturated carbocycles. The number of hydrogen-bond donors (Lipinski definition) is 1. The summed E-state index contributed by atoms with van der Waals surface area (Å²) in [6, 6.07) is 12.5. The van der Waals surface area contributed by atoms with Crippen molar-refractivity contribution in [2.24, 2.45) is 0 Å². The molecule has 1 N–H and O–H groups in total. The number of carbonyl (C=O) groups excluding carboxylic acids is 1. The first-order chi connectivity index (χ1) is 17.2. The van der Waals surface area contributed by atoms with Crippen molar-refractivity contribution in [3.63, 3.8) is 0 Å². The van der Waals surface area contributed by atoms with Gasteiger partial charge in [-0.15, -0.1) is 0 Å². The average Bonchev–Trinajstić information content (AvgIpc) is 2.85. The standard InChI is InChI=1S/C26H23Cl2F3N4O/c27-20-5-3-17(4-6-20)2-1-13-35-14-10-18(11-15-35)24-21(7-8-22(34-24)26(29,30)31)33-25(36)19-9-12-32-23(28)16-19/h1-9,12,16,18H,10-11,13-15H2,(H,33,36)/b2-1+. The van der Waals surface area contributed by atoms with E-state index in [1.807, 2.05) is 30.3 Å². The molecule has 0 bridgehead atoms. The molecule has 188 valence electrons. The molecule has 1 amide bonds. The van der Waals surface area contributed by atoms with Crippen LogP contribution in [0.2, 0.25) is 10.2 Å². The van der Waals surface area contributed by atoms with Crippen LogP contribution in [0, 0.1) is 0 Å². The topological polar surface area (TPSA) is 58.1 Å². The number of likely N-dealkylation sites (tertiary alicyclic amines) is 1. The Balaban J connectivity index is 1.46. The predicted octanol–water partition coefficient (Wildman–Crippen LogP) is 6.95. The van der Waals surface area contributed by atoms with Crippen LogP contribution in [-0.2, 0) is 6.18 Å². The predicted molar refractivity (Wildman–Crippen MR) is 135 cm³/mol. The number of rotatable bonds is 6. The molecule has 0 atom stereocenters. The average molecular weight is 535 g/mol. The zero-order valence-corrected chi connectivity index (χ0v) is 20.6. The minimum Gasteiger partial charge on any atom is -0.320 e. The minimum atomic E-state index is -4.58. The van der Waals surface area contributed by atoms with Crippen molar-refractivity contribution in [1.82, 2.24) is 14.9 Å². The number of nitrogens with zero attached hydrogens (tertiary/aromatic N) is 3. The van der Waals surface area contributed by atoms with E-state index in [9.17, 15) is 18.0 Å². The molecule has 0 spiro atoms. The van der Waals surface area contributed by atoms with Crippen LogP contribution >= 0.6 is 23.2 Å². The number of amides is 1. The van der Waals surface area contributed by atoms with Gasteiger partial charge >= 0.3 is 6.18 Å². The van der Waals surface area contributed by atoms with Gasteiger partial charge in [-0.3, -0.25) is 9.69 Å². The molecule has 3 aromatic rings. The van der Waals surface area contributed by atoms with Gasteiger partial charge in [0.1, 0.15) is 10.8 Å². The molecule has 4 rings (SSSR count). The third-order valence-electron chi connectivity index (χ3n) is 5.97. The Morgan fingerprint density at radius 2 is 1.81 bits per heavy atom. The largest absolute Gasteiger partial charge is 0.433 e. The van der Waals surface area contributed by atoms with Gasteiger partial charge in [0.15, 0.2) is 0 Å². The summed E-state index contributed by atoms with van der Waals surface area (Å²) in [6.45, 7) is 2.11. The monoisotopic (exact) mass is 534 g/mol. The van der Waals surface area contributed by atoms with Crippen molar-refractivity contribution in [2.45, 2.75) is 24.9 Å². The maximum atomic E-state index is 13.4. The van der Waals surface area contributed by atoms with Crippen LogP contribution in [0.4, 0.5) is 18.9 Å². The van der Waals surface area contributed by atoms with E-state index < -0.39 is 17.8 Å². The van der Waals surface area contributed by atoms with Gasteiger partial charge in [-0.25, -0.2) is 9.97 Å². The molecule has 1 aliphatic rings. The number of hydrogen-bond acceptors (Lipinski definition) is 4. The Morgan fingerprint density at radius 3 is 2.47 bits per heavy atom. The number of alkyl halides is 3. The number of piperidine rings is 1. The van der Waals surface area contributed by atoms with E-state index >= 15 is 0 Å². The zero-order chi connectivity index (χ0) is 25.7. The van der Waals surface area contributed by atoms with Crippen molar-refractivity contribution in [3.8, 4) is 0 Å². The molecule has 5 nitrogen and oxygen atoms in total. The highest BCUT2D eigenvalue weighted by atomic mass is 35.5. The van der Waals surface area contributed by atoms with Gasteiger partial charge in [0.2, 0.25) is 0 Å². The lowest BCUT2D eigenvalue weighted by Crippen LogP contribution is -2.33. The number of benzene rings is 1. The van der Waals surface area contributed by atoms with Crippen LogP contribution in [-0.4, -0.2) is 40.4 Å². The fraction of sp³-hybridized carbons (Fsp3) is 0.269. The van der Waals surface area contributed by atoms with Crippen LogP contribution in [0.1, 0.15) is 46.1 Å². The molecule has 0 radical (unpaired) electrons. The van der Waals surface area contributed by atoms with E-state index in [1.165, 1.54) is 24.4 Å². The smallest absolute Gasteiger partial charge is 0.320 e. The molecule has 36 heavy (non-hydrogen) atoms. The molecular formula is C26H23Cl2F3N4O. The van der Waals surface area contributed by atoms with Gasteiger partial charge in [0.05, 0.1) is 11.4 Å². The Morgan fingerprint density at radius 1 is 1.08 bits per heavy atom. The van der Waals surface area contributed by atoms with Crippen LogP contribution < -0.4 is 5.32 Å².